The van der Waals surface area contributed by atoms with Crippen molar-refractivity contribution in [2.75, 3.05) is 19.7 Å². The lowest BCUT2D eigenvalue weighted by atomic mass is 9.98. The van der Waals surface area contributed by atoms with Crippen LogP contribution in [0.15, 0.2) is 18.2 Å². The zero-order valence-electron chi connectivity index (χ0n) is 12.3. The van der Waals surface area contributed by atoms with Crippen LogP contribution in [0.3, 0.4) is 0 Å². The summed E-state index contributed by atoms with van der Waals surface area (Å²) in [4.78, 5) is 0. The number of ether oxygens (including phenoxy) is 1. The summed E-state index contributed by atoms with van der Waals surface area (Å²) in [5, 5.41) is 14.2. The summed E-state index contributed by atoms with van der Waals surface area (Å²) in [6.45, 7) is 4.07. The number of halogens is 2. The summed E-state index contributed by atoms with van der Waals surface area (Å²) in [5.74, 6) is 2.16. The number of hydrogen-bond donors (Lipinski definition) is 2. The Morgan fingerprint density at radius 2 is 2.14 bits per heavy atom. The summed E-state index contributed by atoms with van der Waals surface area (Å²) in [7, 11) is 0. The van der Waals surface area contributed by atoms with Gasteiger partial charge in [0, 0.05) is 12.6 Å². The second kappa shape index (κ2) is 8.23. The molecule has 0 spiro atoms. The molecule has 118 valence electrons. The van der Waals surface area contributed by atoms with Gasteiger partial charge < -0.3 is 15.2 Å². The topological polar surface area (TPSA) is 41.5 Å². The third-order valence-corrected chi connectivity index (χ3v) is 4.90. The van der Waals surface area contributed by atoms with Crippen LogP contribution < -0.4 is 10.1 Å². The van der Waals surface area contributed by atoms with Crippen molar-refractivity contribution in [1.82, 2.24) is 5.32 Å². The molecule has 1 aliphatic carbocycles. The Bertz CT molecular complexity index is 456. The number of aliphatic hydroxyl groups is 1. The van der Waals surface area contributed by atoms with Crippen molar-refractivity contribution in [2.24, 2.45) is 11.8 Å². The first kappa shape index (κ1) is 16.9. The summed E-state index contributed by atoms with van der Waals surface area (Å²) >= 11 is 11.8. The molecule has 1 aromatic carbocycles. The fraction of sp³-hybridized carbons (Fsp3) is 0.625. The van der Waals surface area contributed by atoms with E-state index in [1.807, 2.05) is 0 Å². The van der Waals surface area contributed by atoms with Crippen LogP contribution in [0.4, 0.5) is 0 Å². The van der Waals surface area contributed by atoms with Crippen LogP contribution in [0.1, 0.15) is 26.2 Å². The summed E-state index contributed by atoms with van der Waals surface area (Å²) < 4.78 is 5.51. The average Bonchev–Trinajstić information content (AvgIpc) is 2.86. The predicted octanol–water partition coefficient (Wildman–Crippen LogP) is 3.76. The minimum absolute atomic E-state index is 0.241. The van der Waals surface area contributed by atoms with E-state index < -0.39 is 6.10 Å². The number of nitrogens with one attached hydrogen (secondary N) is 1. The van der Waals surface area contributed by atoms with Crippen molar-refractivity contribution < 1.29 is 9.84 Å². The van der Waals surface area contributed by atoms with Crippen molar-refractivity contribution >= 4 is 23.2 Å². The van der Waals surface area contributed by atoms with Crippen molar-refractivity contribution in [1.29, 1.82) is 0 Å². The lowest BCUT2D eigenvalue weighted by Gasteiger charge is -2.18. The van der Waals surface area contributed by atoms with Gasteiger partial charge in [0.15, 0.2) is 0 Å². The third-order valence-electron chi connectivity index (χ3n) is 4.16. The molecular weight excluding hydrogens is 309 g/mol. The van der Waals surface area contributed by atoms with Gasteiger partial charge in [0.2, 0.25) is 0 Å². The SMILES string of the molecule is CC1CCCC1CNCC(O)COc1ccc(Cl)c(Cl)c1. The molecular formula is C16H23Cl2NO2. The molecule has 1 saturated carbocycles. The monoisotopic (exact) mass is 331 g/mol. The van der Waals surface area contributed by atoms with Gasteiger partial charge in [-0.05, 0) is 36.9 Å². The molecule has 0 radical (unpaired) electrons. The Morgan fingerprint density at radius 1 is 1.33 bits per heavy atom. The van der Waals surface area contributed by atoms with Crippen molar-refractivity contribution in [3.05, 3.63) is 28.2 Å². The zero-order valence-corrected chi connectivity index (χ0v) is 13.8. The van der Waals surface area contributed by atoms with Crippen LogP contribution >= 0.6 is 23.2 Å². The van der Waals surface area contributed by atoms with Gasteiger partial charge in [-0.2, -0.15) is 0 Å². The molecule has 1 fully saturated rings. The van der Waals surface area contributed by atoms with Crippen molar-refractivity contribution in [3.8, 4) is 5.75 Å². The summed E-state index contributed by atoms with van der Waals surface area (Å²) in [6.07, 6.45) is 3.42. The molecule has 0 heterocycles. The first-order valence-electron chi connectivity index (χ1n) is 7.53. The molecule has 3 unspecified atom stereocenters. The van der Waals surface area contributed by atoms with Gasteiger partial charge in [0.1, 0.15) is 18.5 Å². The lowest BCUT2D eigenvalue weighted by Crippen LogP contribution is -2.34. The van der Waals surface area contributed by atoms with Crippen LogP contribution in [0.2, 0.25) is 10.0 Å². The van der Waals surface area contributed by atoms with Gasteiger partial charge in [-0.25, -0.2) is 0 Å². The molecule has 1 aliphatic rings. The van der Waals surface area contributed by atoms with Crippen LogP contribution in [0.25, 0.3) is 0 Å². The average molecular weight is 332 g/mol. The maximum absolute atomic E-state index is 9.93. The van der Waals surface area contributed by atoms with E-state index >= 15 is 0 Å². The number of benzene rings is 1. The van der Waals surface area contributed by atoms with Gasteiger partial charge >= 0.3 is 0 Å². The van der Waals surface area contributed by atoms with Crippen LogP contribution in [0.5, 0.6) is 5.75 Å². The second-order valence-electron chi connectivity index (χ2n) is 5.87. The molecule has 0 bridgehead atoms. The molecule has 0 aromatic heterocycles. The van der Waals surface area contributed by atoms with E-state index in [1.54, 1.807) is 18.2 Å². The van der Waals surface area contributed by atoms with Crippen LogP contribution in [0, 0.1) is 11.8 Å². The van der Waals surface area contributed by atoms with E-state index in [9.17, 15) is 5.11 Å². The van der Waals surface area contributed by atoms with Gasteiger partial charge in [-0.15, -0.1) is 0 Å². The van der Waals surface area contributed by atoms with E-state index in [0.717, 1.165) is 18.4 Å². The van der Waals surface area contributed by atoms with Gasteiger partial charge in [0.25, 0.3) is 0 Å². The van der Waals surface area contributed by atoms with Gasteiger partial charge in [-0.3, -0.25) is 0 Å². The molecule has 2 N–H and O–H groups in total. The van der Waals surface area contributed by atoms with Gasteiger partial charge in [-0.1, -0.05) is 43.0 Å². The molecule has 5 heteroatoms. The molecule has 3 nitrogen and oxygen atoms in total. The number of hydrogen-bond acceptors (Lipinski definition) is 3. The van der Waals surface area contributed by atoms with E-state index in [-0.39, 0.29) is 6.61 Å². The van der Waals surface area contributed by atoms with Gasteiger partial charge in [0.05, 0.1) is 10.0 Å². The van der Waals surface area contributed by atoms with E-state index in [1.165, 1.54) is 19.3 Å². The highest BCUT2D eigenvalue weighted by molar-refractivity contribution is 6.42. The fourth-order valence-electron chi connectivity index (χ4n) is 2.78. The van der Waals surface area contributed by atoms with Crippen LogP contribution in [-0.4, -0.2) is 30.9 Å². The molecule has 0 saturated heterocycles. The predicted molar refractivity (Wildman–Crippen MR) is 87.3 cm³/mol. The Balaban J connectivity index is 1.65. The summed E-state index contributed by atoms with van der Waals surface area (Å²) in [6, 6.07) is 5.09. The Morgan fingerprint density at radius 3 is 2.81 bits per heavy atom. The first-order chi connectivity index (χ1) is 10.1. The minimum Gasteiger partial charge on any atom is -0.491 e. The minimum atomic E-state index is -0.531. The Hall–Kier alpha value is -0.480. The normalized spacial score (nSPS) is 23.2. The largest absolute Gasteiger partial charge is 0.491 e. The molecule has 3 atom stereocenters. The Kier molecular flexibility index (Phi) is 6.62. The number of aliphatic hydroxyl groups excluding tert-OH is 1. The molecule has 2 rings (SSSR count). The van der Waals surface area contributed by atoms with Crippen LogP contribution in [-0.2, 0) is 0 Å². The maximum atomic E-state index is 9.93. The zero-order chi connectivity index (χ0) is 15.2. The third kappa shape index (κ3) is 5.33. The standard InChI is InChI=1S/C16H23Cl2NO2/c1-11-3-2-4-12(11)8-19-9-13(20)10-21-14-5-6-15(17)16(18)7-14/h5-7,11-13,19-20H,2-4,8-10H2,1H3. The highest BCUT2D eigenvalue weighted by atomic mass is 35.5. The quantitative estimate of drug-likeness (QED) is 0.799. The second-order valence-corrected chi connectivity index (χ2v) is 6.68. The molecule has 21 heavy (non-hydrogen) atoms. The molecule has 0 aliphatic heterocycles. The highest BCUT2D eigenvalue weighted by Gasteiger charge is 2.22. The van der Waals surface area contributed by atoms with Crippen molar-refractivity contribution in [3.63, 3.8) is 0 Å². The number of rotatable bonds is 7. The Labute approximate surface area is 136 Å². The smallest absolute Gasteiger partial charge is 0.121 e. The molecule has 0 amide bonds. The lowest BCUT2D eigenvalue weighted by molar-refractivity contribution is 0.105. The maximum Gasteiger partial charge on any atom is 0.121 e. The first-order valence-corrected chi connectivity index (χ1v) is 8.28. The summed E-state index contributed by atoms with van der Waals surface area (Å²) in [5.41, 5.74) is 0. The van der Waals surface area contributed by atoms with E-state index in [4.69, 9.17) is 27.9 Å². The highest BCUT2D eigenvalue weighted by Crippen LogP contribution is 2.30. The fourth-order valence-corrected chi connectivity index (χ4v) is 3.07. The van der Waals surface area contributed by atoms with E-state index in [2.05, 4.69) is 12.2 Å². The molecule has 1 aromatic rings. The van der Waals surface area contributed by atoms with E-state index in [0.29, 0.717) is 22.3 Å². The van der Waals surface area contributed by atoms with Crippen molar-refractivity contribution in [2.45, 2.75) is 32.3 Å².